The molecule has 200 valence electrons. The highest BCUT2D eigenvalue weighted by Crippen LogP contribution is 2.61. The number of hydrogen-bond donors (Lipinski definition) is 3. The van der Waals surface area contributed by atoms with E-state index in [0.29, 0.717) is 28.9 Å². The lowest BCUT2D eigenvalue weighted by Gasteiger charge is -2.15. The molecule has 1 heterocycles. The summed E-state index contributed by atoms with van der Waals surface area (Å²) in [5.74, 6) is -2.60. The van der Waals surface area contributed by atoms with Gasteiger partial charge >= 0.3 is 5.97 Å². The van der Waals surface area contributed by atoms with E-state index in [1.165, 1.54) is 6.07 Å². The summed E-state index contributed by atoms with van der Waals surface area (Å²) >= 11 is 6.19. The van der Waals surface area contributed by atoms with Gasteiger partial charge in [0.25, 0.3) is 0 Å². The van der Waals surface area contributed by atoms with Crippen molar-refractivity contribution in [1.82, 2.24) is 4.98 Å². The molecule has 1 aromatic heterocycles. The minimum absolute atomic E-state index is 0.0124. The van der Waals surface area contributed by atoms with E-state index in [9.17, 15) is 23.8 Å². The van der Waals surface area contributed by atoms with Crippen LogP contribution in [0.3, 0.4) is 0 Å². The molecular weight excluding hydrogens is 520 g/mol. The summed E-state index contributed by atoms with van der Waals surface area (Å²) < 4.78 is 40.9. The van der Waals surface area contributed by atoms with E-state index in [0.717, 1.165) is 11.1 Å². The zero-order chi connectivity index (χ0) is 27.1. The molecule has 0 unspecified atom stereocenters. The topological polar surface area (TPSA) is 109 Å². The van der Waals surface area contributed by atoms with Crippen molar-refractivity contribution < 1.29 is 38.4 Å². The molecule has 5 rings (SSSR count). The maximum absolute atomic E-state index is 14.8. The third kappa shape index (κ3) is 4.93. The number of benzene rings is 2. The second-order valence-electron chi connectivity index (χ2n) is 9.74. The number of hydrogen-bond acceptors (Lipinski definition) is 6. The van der Waals surface area contributed by atoms with E-state index in [1.54, 1.807) is 37.4 Å². The summed E-state index contributed by atoms with van der Waals surface area (Å²) in [4.78, 5) is 15.5. The first-order valence-electron chi connectivity index (χ1n) is 12.2. The summed E-state index contributed by atoms with van der Waals surface area (Å²) in [6, 6.07) is 8.25. The molecule has 2 aromatic carbocycles. The van der Waals surface area contributed by atoms with Gasteiger partial charge in [0.2, 0.25) is 5.88 Å². The van der Waals surface area contributed by atoms with Crippen molar-refractivity contribution >= 4 is 17.6 Å². The number of aliphatic hydroxyl groups is 2. The molecule has 0 amide bonds. The van der Waals surface area contributed by atoms with Crippen LogP contribution in [-0.4, -0.2) is 45.6 Å². The molecule has 3 N–H and O–H groups in total. The van der Waals surface area contributed by atoms with Gasteiger partial charge in [0.15, 0.2) is 11.6 Å². The van der Waals surface area contributed by atoms with Crippen LogP contribution >= 0.6 is 11.6 Å². The van der Waals surface area contributed by atoms with E-state index in [1.807, 2.05) is 0 Å². The molecule has 10 heteroatoms. The summed E-state index contributed by atoms with van der Waals surface area (Å²) in [5, 5.41) is 27.3. The summed E-state index contributed by atoms with van der Waals surface area (Å²) in [6.45, 7) is 1.36. The lowest BCUT2D eigenvalue weighted by Crippen LogP contribution is -2.15. The number of nitrogens with zero attached hydrogens (tertiary/aromatic N) is 1. The molecule has 0 saturated heterocycles. The Labute approximate surface area is 222 Å². The normalized spacial score (nSPS) is 20.0. The first-order valence-corrected chi connectivity index (χ1v) is 12.6. The largest absolute Gasteiger partial charge is 0.493 e. The van der Waals surface area contributed by atoms with Crippen LogP contribution in [0, 0.1) is 30.4 Å². The fourth-order valence-electron chi connectivity index (χ4n) is 5.23. The van der Waals surface area contributed by atoms with Crippen molar-refractivity contribution in [2.75, 3.05) is 13.2 Å². The number of aliphatic carboxylic acids is 1. The predicted octanol–water partition coefficient (Wildman–Crippen LogP) is 4.66. The highest BCUT2D eigenvalue weighted by molar-refractivity contribution is 6.33. The number of carbonyl (C=O) groups is 1. The minimum atomic E-state index is -1.18. The van der Waals surface area contributed by atoms with E-state index in [4.69, 9.17) is 26.2 Å². The average molecular weight is 546 g/mol. The Morgan fingerprint density at radius 3 is 2.68 bits per heavy atom. The molecule has 0 bridgehead atoms. The van der Waals surface area contributed by atoms with Gasteiger partial charge in [-0.15, -0.1) is 0 Å². The van der Waals surface area contributed by atoms with Gasteiger partial charge in [-0.1, -0.05) is 17.7 Å². The Bertz CT molecular complexity index is 1400. The molecule has 0 aliphatic heterocycles. The van der Waals surface area contributed by atoms with Gasteiger partial charge in [0.1, 0.15) is 12.4 Å². The molecular formula is C28H26ClF2NO6. The monoisotopic (exact) mass is 545 g/mol. The number of fused-ring (bicyclic) bond motifs is 3. The van der Waals surface area contributed by atoms with Crippen molar-refractivity contribution in [2.24, 2.45) is 11.8 Å². The van der Waals surface area contributed by atoms with Gasteiger partial charge in [-0.05, 0) is 59.7 Å². The number of pyridine rings is 1. The quantitative estimate of drug-likeness (QED) is 0.318. The molecule has 0 radical (unpaired) electrons. The zero-order valence-electron chi connectivity index (χ0n) is 20.5. The first-order chi connectivity index (χ1) is 18.2. The van der Waals surface area contributed by atoms with E-state index in [-0.39, 0.29) is 60.5 Å². The summed E-state index contributed by atoms with van der Waals surface area (Å²) in [5.41, 5.74) is 3.44. The highest BCUT2D eigenvalue weighted by Gasteiger charge is 2.59. The fraction of sp³-hybridized carbons (Fsp3) is 0.357. The number of ether oxygens (including phenoxy) is 2. The lowest BCUT2D eigenvalue weighted by molar-refractivity contribution is -0.139. The summed E-state index contributed by atoms with van der Waals surface area (Å²) in [7, 11) is 0. The minimum Gasteiger partial charge on any atom is -0.493 e. The molecule has 7 nitrogen and oxygen atoms in total. The van der Waals surface area contributed by atoms with Gasteiger partial charge < -0.3 is 24.8 Å². The van der Waals surface area contributed by atoms with Gasteiger partial charge in [0, 0.05) is 35.7 Å². The molecule has 38 heavy (non-hydrogen) atoms. The van der Waals surface area contributed by atoms with E-state index < -0.39 is 23.7 Å². The Balaban J connectivity index is 1.32. The number of carboxylic acids is 1. The molecule has 1 fully saturated rings. The van der Waals surface area contributed by atoms with Crippen LogP contribution in [0.5, 0.6) is 11.6 Å². The van der Waals surface area contributed by atoms with Crippen molar-refractivity contribution in [1.29, 1.82) is 0 Å². The Morgan fingerprint density at radius 1 is 1.18 bits per heavy atom. The molecule has 2 aliphatic carbocycles. The smallest absolute Gasteiger partial charge is 0.307 e. The van der Waals surface area contributed by atoms with Crippen molar-refractivity contribution in [3.63, 3.8) is 0 Å². The number of aryl methyl sites for hydroxylation is 1. The van der Waals surface area contributed by atoms with Crippen LogP contribution in [0.25, 0.3) is 11.1 Å². The van der Waals surface area contributed by atoms with E-state index >= 15 is 0 Å². The van der Waals surface area contributed by atoms with Gasteiger partial charge in [-0.3, -0.25) is 4.79 Å². The third-order valence-corrected chi connectivity index (χ3v) is 7.65. The third-order valence-electron chi connectivity index (χ3n) is 7.28. The molecule has 4 atom stereocenters. The lowest BCUT2D eigenvalue weighted by atomic mass is 9.98. The maximum atomic E-state index is 14.8. The maximum Gasteiger partial charge on any atom is 0.307 e. The predicted molar refractivity (Wildman–Crippen MR) is 134 cm³/mol. The van der Waals surface area contributed by atoms with Crippen LogP contribution in [-0.2, 0) is 17.8 Å². The average Bonchev–Trinajstić information content (AvgIpc) is 3.49. The molecule has 3 aromatic rings. The number of rotatable bonds is 10. The standard InChI is InChI=1S/C28H26ClF2NO6/c1-13-6-17(37-5-4-16(34)11-33)2-3-18(13)19-8-15(26(30)27(31)25(19)29)12-38-22-9-14-7-20-23(21(14)10-32-22)24(20)28(35)36/h2-3,6,8-10,16,20,23-24,33-34H,4-5,7,11-12H2,1H3,(H,35,36)/t16-,20-,23-,24+/m1/s1. The van der Waals surface area contributed by atoms with Crippen LogP contribution in [0.15, 0.2) is 36.5 Å². The highest BCUT2D eigenvalue weighted by atomic mass is 35.5. The van der Waals surface area contributed by atoms with Crippen LogP contribution in [0.4, 0.5) is 8.78 Å². The summed E-state index contributed by atoms with van der Waals surface area (Å²) in [6.07, 6.45) is 1.64. The Morgan fingerprint density at radius 2 is 1.97 bits per heavy atom. The molecule has 2 aliphatic rings. The van der Waals surface area contributed by atoms with Crippen LogP contribution in [0.1, 0.15) is 34.6 Å². The second-order valence-corrected chi connectivity index (χ2v) is 10.1. The van der Waals surface area contributed by atoms with Gasteiger partial charge in [-0.25, -0.2) is 13.8 Å². The molecule has 0 spiro atoms. The number of aliphatic hydroxyl groups excluding tert-OH is 2. The van der Waals surface area contributed by atoms with Crippen LogP contribution in [0.2, 0.25) is 5.02 Å². The number of halogens is 3. The van der Waals surface area contributed by atoms with Crippen molar-refractivity contribution in [2.45, 2.75) is 38.4 Å². The number of aromatic nitrogens is 1. The van der Waals surface area contributed by atoms with Crippen molar-refractivity contribution in [3.8, 4) is 22.8 Å². The molecule has 1 saturated carbocycles. The Kier molecular flexibility index (Phi) is 7.26. The Hall–Kier alpha value is -3.27. The second kappa shape index (κ2) is 10.5. The van der Waals surface area contributed by atoms with Gasteiger partial charge in [-0.2, -0.15) is 0 Å². The number of carboxylic acid groups (broad SMARTS) is 1. The van der Waals surface area contributed by atoms with Gasteiger partial charge in [0.05, 0.1) is 30.3 Å². The first kappa shape index (κ1) is 26.3. The van der Waals surface area contributed by atoms with Crippen molar-refractivity contribution in [3.05, 3.63) is 75.4 Å². The van der Waals surface area contributed by atoms with E-state index in [2.05, 4.69) is 4.98 Å². The zero-order valence-corrected chi connectivity index (χ0v) is 21.2. The van der Waals surface area contributed by atoms with Crippen LogP contribution < -0.4 is 9.47 Å². The SMILES string of the molecule is Cc1cc(OCC[C@@H](O)CO)ccc1-c1cc(COc2cc3c(cn2)[C@H]2[C@@H](C3)[C@@H]2C(=O)O)c(F)c(F)c1Cl. The fourth-order valence-corrected chi connectivity index (χ4v) is 5.46.